The Balaban J connectivity index is 1.36. The number of rotatable bonds is 7. The maximum absolute atomic E-state index is 4.10. The molecule has 1 unspecified atom stereocenters. The second-order valence-electron chi connectivity index (χ2n) is 7.06. The minimum Gasteiger partial charge on any atom is -0.301 e. The predicted molar refractivity (Wildman–Crippen MR) is 99.9 cm³/mol. The van der Waals surface area contributed by atoms with Crippen LogP contribution in [-0.2, 0) is 13.0 Å². The normalized spacial score (nSPS) is 17.7. The highest BCUT2D eigenvalue weighted by molar-refractivity contribution is 5.14. The van der Waals surface area contributed by atoms with Crippen molar-refractivity contribution >= 4 is 0 Å². The van der Waals surface area contributed by atoms with Crippen molar-refractivity contribution in [2.45, 2.75) is 26.3 Å². The van der Waals surface area contributed by atoms with Crippen molar-refractivity contribution in [1.29, 1.82) is 0 Å². The first-order chi connectivity index (χ1) is 11.8. The molecule has 3 heteroatoms. The van der Waals surface area contributed by atoms with E-state index in [-0.39, 0.29) is 0 Å². The molecule has 1 aromatic carbocycles. The summed E-state index contributed by atoms with van der Waals surface area (Å²) in [5, 5.41) is 0. The molecule has 1 aliphatic rings. The zero-order valence-corrected chi connectivity index (χ0v) is 14.8. The van der Waals surface area contributed by atoms with Crippen LogP contribution in [0.2, 0.25) is 0 Å². The summed E-state index contributed by atoms with van der Waals surface area (Å²) < 4.78 is 0. The fraction of sp³-hybridized carbons (Fsp3) is 0.476. The quantitative estimate of drug-likeness (QED) is 0.778. The highest BCUT2D eigenvalue weighted by Crippen LogP contribution is 2.13. The Labute approximate surface area is 146 Å². The van der Waals surface area contributed by atoms with Gasteiger partial charge in [-0.25, -0.2) is 0 Å². The van der Waals surface area contributed by atoms with E-state index in [1.54, 1.807) is 0 Å². The van der Waals surface area contributed by atoms with Gasteiger partial charge in [-0.1, -0.05) is 37.3 Å². The molecule has 0 bridgehead atoms. The van der Waals surface area contributed by atoms with E-state index in [1.807, 2.05) is 12.4 Å². The van der Waals surface area contributed by atoms with Crippen molar-refractivity contribution in [3.8, 4) is 0 Å². The molecule has 3 nitrogen and oxygen atoms in total. The van der Waals surface area contributed by atoms with Crippen molar-refractivity contribution in [1.82, 2.24) is 14.8 Å². The van der Waals surface area contributed by atoms with E-state index in [0.29, 0.717) is 0 Å². The third-order valence-corrected chi connectivity index (χ3v) is 4.96. The summed E-state index contributed by atoms with van der Waals surface area (Å²) >= 11 is 0. The van der Waals surface area contributed by atoms with Gasteiger partial charge < -0.3 is 4.90 Å². The van der Waals surface area contributed by atoms with E-state index < -0.39 is 0 Å². The molecule has 1 atom stereocenters. The number of piperazine rings is 1. The second kappa shape index (κ2) is 8.95. The number of aromatic nitrogens is 1. The average Bonchev–Trinajstić information content (AvgIpc) is 2.63. The van der Waals surface area contributed by atoms with Gasteiger partial charge in [-0.05, 0) is 42.0 Å². The van der Waals surface area contributed by atoms with Gasteiger partial charge in [0, 0.05) is 51.7 Å². The van der Waals surface area contributed by atoms with E-state index in [1.165, 1.54) is 56.7 Å². The van der Waals surface area contributed by atoms with Crippen molar-refractivity contribution in [3.63, 3.8) is 0 Å². The first kappa shape index (κ1) is 17.1. The molecule has 0 amide bonds. The van der Waals surface area contributed by atoms with Crippen molar-refractivity contribution < 1.29 is 0 Å². The topological polar surface area (TPSA) is 19.4 Å². The van der Waals surface area contributed by atoms with Crippen LogP contribution in [0.25, 0.3) is 0 Å². The van der Waals surface area contributed by atoms with Crippen LogP contribution in [-0.4, -0.2) is 47.5 Å². The molecule has 2 aromatic rings. The van der Waals surface area contributed by atoms with Crippen LogP contribution in [0.3, 0.4) is 0 Å². The molecule has 0 aliphatic carbocycles. The van der Waals surface area contributed by atoms with Crippen molar-refractivity contribution in [2.75, 3.05) is 32.7 Å². The van der Waals surface area contributed by atoms with Crippen LogP contribution >= 0.6 is 0 Å². The lowest BCUT2D eigenvalue weighted by Crippen LogP contribution is -2.47. The van der Waals surface area contributed by atoms with E-state index in [9.17, 15) is 0 Å². The third-order valence-electron chi connectivity index (χ3n) is 4.96. The zero-order chi connectivity index (χ0) is 16.6. The van der Waals surface area contributed by atoms with Gasteiger partial charge in [0.2, 0.25) is 0 Å². The molecular formula is C21H29N3. The number of pyridine rings is 1. The van der Waals surface area contributed by atoms with Crippen LogP contribution in [0.5, 0.6) is 0 Å². The van der Waals surface area contributed by atoms with Gasteiger partial charge in [0.15, 0.2) is 0 Å². The van der Waals surface area contributed by atoms with Gasteiger partial charge in [0.25, 0.3) is 0 Å². The molecular weight excluding hydrogens is 294 g/mol. The molecule has 1 aromatic heterocycles. The second-order valence-corrected chi connectivity index (χ2v) is 7.06. The molecule has 128 valence electrons. The summed E-state index contributed by atoms with van der Waals surface area (Å²) in [4.78, 5) is 9.29. The molecule has 24 heavy (non-hydrogen) atoms. The molecule has 1 aliphatic heterocycles. The summed E-state index contributed by atoms with van der Waals surface area (Å²) in [7, 11) is 0. The first-order valence-corrected chi connectivity index (χ1v) is 9.17. The van der Waals surface area contributed by atoms with E-state index in [4.69, 9.17) is 0 Å². The maximum Gasteiger partial charge on any atom is 0.0271 e. The summed E-state index contributed by atoms with van der Waals surface area (Å²) in [5.41, 5.74) is 2.83. The number of hydrogen-bond donors (Lipinski definition) is 0. The SMILES string of the molecule is CC(CCc1ccccc1)CN1CCN(Cc2ccncc2)CC1. The smallest absolute Gasteiger partial charge is 0.0271 e. The van der Waals surface area contributed by atoms with Gasteiger partial charge in [-0.3, -0.25) is 9.88 Å². The summed E-state index contributed by atoms with van der Waals surface area (Å²) in [6.07, 6.45) is 6.26. The van der Waals surface area contributed by atoms with Crippen LogP contribution in [0.4, 0.5) is 0 Å². The number of hydrogen-bond acceptors (Lipinski definition) is 3. The zero-order valence-electron chi connectivity index (χ0n) is 14.8. The van der Waals surface area contributed by atoms with E-state index >= 15 is 0 Å². The van der Waals surface area contributed by atoms with Crippen molar-refractivity contribution in [2.24, 2.45) is 5.92 Å². The number of benzene rings is 1. The Morgan fingerprint density at radius 1 is 0.875 bits per heavy atom. The molecule has 0 saturated carbocycles. The maximum atomic E-state index is 4.10. The molecule has 2 heterocycles. The van der Waals surface area contributed by atoms with Gasteiger partial charge in [-0.15, -0.1) is 0 Å². The lowest BCUT2D eigenvalue weighted by atomic mass is 10.0. The summed E-state index contributed by atoms with van der Waals surface area (Å²) in [6, 6.07) is 15.1. The highest BCUT2D eigenvalue weighted by atomic mass is 15.3. The Morgan fingerprint density at radius 3 is 2.25 bits per heavy atom. The summed E-state index contributed by atoms with van der Waals surface area (Å²) in [5.74, 6) is 0.761. The van der Waals surface area contributed by atoms with Gasteiger partial charge in [0.05, 0.1) is 0 Å². The Morgan fingerprint density at radius 2 is 1.54 bits per heavy atom. The minimum absolute atomic E-state index is 0.761. The molecule has 0 radical (unpaired) electrons. The van der Waals surface area contributed by atoms with E-state index in [0.717, 1.165) is 12.5 Å². The molecule has 0 spiro atoms. The van der Waals surface area contributed by atoms with Gasteiger partial charge >= 0.3 is 0 Å². The highest BCUT2D eigenvalue weighted by Gasteiger charge is 2.18. The fourth-order valence-electron chi connectivity index (χ4n) is 3.47. The van der Waals surface area contributed by atoms with Crippen LogP contribution in [0, 0.1) is 5.92 Å². The molecule has 1 saturated heterocycles. The minimum atomic E-state index is 0.761. The van der Waals surface area contributed by atoms with Crippen LogP contribution in [0.1, 0.15) is 24.5 Å². The van der Waals surface area contributed by atoms with E-state index in [2.05, 4.69) is 64.2 Å². The lowest BCUT2D eigenvalue weighted by molar-refractivity contribution is 0.114. The Hall–Kier alpha value is -1.71. The van der Waals surface area contributed by atoms with Gasteiger partial charge in [0.1, 0.15) is 0 Å². The van der Waals surface area contributed by atoms with Gasteiger partial charge in [-0.2, -0.15) is 0 Å². The first-order valence-electron chi connectivity index (χ1n) is 9.17. The standard InChI is InChI=1S/C21H29N3/c1-19(7-8-20-5-3-2-4-6-20)17-23-13-15-24(16-14-23)18-21-9-11-22-12-10-21/h2-6,9-12,19H,7-8,13-18H2,1H3. The van der Waals surface area contributed by atoms with Crippen LogP contribution in [0.15, 0.2) is 54.9 Å². The predicted octanol–water partition coefficient (Wildman–Crippen LogP) is 3.47. The fourth-order valence-corrected chi connectivity index (χ4v) is 3.47. The largest absolute Gasteiger partial charge is 0.301 e. The number of aryl methyl sites for hydroxylation is 1. The molecule has 3 rings (SSSR count). The van der Waals surface area contributed by atoms with Crippen molar-refractivity contribution in [3.05, 3.63) is 66.0 Å². The average molecular weight is 323 g/mol. The number of nitrogens with zero attached hydrogens (tertiary/aromatic N) is 3. The summed E-state index contributed by atoms with van der Waals surface area (Å²) in [6.45, 7) is 9.42. The third kappa shape index (κ3) is 5.43. The lowest BCUT2D eigenvalue weighted by Gasteiger charge is -2.36. The monoisotopic (exact) mass is 323 g/mol. The Bertz CT molecular complexity index is 577. The van der Waals surface area contributed by atoms with Crippen LogP contribution < -0.4 is 0 Å². The molecule has 0 N–H and O–H groups in total. The molecule has 1 fully saturated rings. The Kier molecular flexibility index (Phi) is 6.39.